The number of sulfone groups is 1. The number of nitrogens with one attached hydrogen (secondary N) is 1. The number of aliphatic carboxylic acids is 1. The third-order valence-electron chi connectivity index (χ3n) is 6.50. The van der Waals surface area contributed by atoms with E-state index in [0.717, 1.165) is 11.4 Å². The first-order valence-corrected chi connectivity index (χ1v) is 14.6. The highest BCUT2D eigenvalue weighted by atomic mass is 35.5. The fourth-order valence-electron chi connectivity index (χ4n) is 4.55. The Balaban J connectivity index is 0.000000517. The Morgan fingerprint density at radius 3 is 2.57 bits per heavy atom. The number of alkyl halides is 3. The van der Waals surface area contributed by atoms with E-state index in [0.29, 0.717) is 41.5 Å². The summed E-state index contributed by atoms with van der Waals surface area (Å²) in [5, 5.41) is 14.8. The van der Waals surface area contributed by atoms with E-state index in [2.05, 4.69) is 20.4 Å². The van der Waals surface area contributed by atoms with Crippen molar-refractivity contribution in [2.45, 2.75) is 32.5 Å². The molecule has 0 spiro atoms. The minimum absolute atomic E-state index is 0.0512. The lowest BCUT2D eigenvalue weighted by atomic mass is 10.1. The van der Waals surface area contributed by atoms with Gasteiger partial charge in [-0.1, -0.05) is 11.6 Å². The Bertz CT molecular complexity index is 1770. The molecule has 0 saturated carbocycles. The Labute approximate surface area is 242 Å². The van der Waals surface area contributed by atoms with Crippen LogP contribution in [0.4, 0.5) is 24.8 Å². The second-order valence-corrected chi connectivity index (χ2v) is 12.1. The second kappa shape index (κ2) is 11.6. The molecule has 42 heavy (non-hydrogen) atoms. The molecule has 5 rings (SSSR count). The lowest BCUT2D eigenvalue weighted by Gasteiger charge is -2.29. The number of aromatic nitrogens is 5. The van der Waals surface area contributed by atoms with Crippen molar-refractivity contribution < 1.29 is 36.3 Å². The van der Waals surface area contributed by atoms with Gasteiger partial charge < -0.3 is 21.1 Å². The van der Waals surface area contributed by atoms with Gasteiger partial charge in [0.1, 0.15) is 17.2 Å². The molecule has 1 saturated heterocycles. The minimum Gasteiger partial charge on any atom is -0.475 e. The number of rotatable bonds is 4. The third-order valence-corrected chi connectivity index (χ3v) is 8.51. The lowest BCUT2D eigenvalue weighted by Crippen LogP contribution is -2.33. The van der Waals surface area contributed by atoms with Crippen molar-refractivity contribution in [2.75, 3.05) is 35.2 Å². The van der Waals surface area contributed by atoms with Gasteiger partial charge in [-0.2, -0.15) is 13.2 Å². The maximum absolute atomic E-state index is 13.3. The van der Waals surface area contributed by atoms with Gasteiger partial charge in [-0.05, 0) is 32.4 Å². The first kappa shape index (κ1) is 30.8. The number of nitrogens with zero attached hydrogens (tertiary/aromatic N) is 6. The standard InChI is InChI=1S/C22H25ClN8O3S.C2HF3O2/c1-13(27-21(32)18-19(24)28-30-7-3-5-25-20(18)30)15-11-16(23)17-12-26-14(2)31(17)22(15)29-6-4-9-35(33,34)10-8-29;3-2(4,5)1(6)7/h3,5,7,11-13H,4,6,8-10H2,1-2H3,(H2,24,28)(H,27,32);(H,6,7). The van der Waals surface area contributed by atoms with Gasteiger partial charge in [-0.3, -0.25) is 9.20 Å². The highest BCUT2D eigenvalue weighted by Gasteiger charge is 2.38. The summed E-state index contributed by atoms with van der Waals surface area (Å²) in [5.74, 6) is -1.44. The number of aryl methyl sites for hydroxylation is 1. The van der Waals surface area contributed by atoms with Crippen molar-refractivity contribution in [3.8, 4) is 0 Å². The molecule has 1 aliphatic heterocycles. The van der Waals surface area contributed by atoms with Crippen LogP contribution in [0.5, 0.6) is 0 Å². The third kappa shape index (κ3) is 6.35. The number of amides is 1. The van der Waals surface area contributed by atoms with Crippen LogP contribution in [0.25, 0.3) is 11.2 Å². The Hall–Kier alpha value is -4.12. The number of hydrogen-bond donors (Lipinski definition) is 3. The van der Waals surface area contributed by atoms with Crippen LogP contribution in [0.15, 0.2) is 30.7 Å². The summed E-state index contributed by atoms with van der Waals surface area (Å²) in [5.41, 5.74) is 8.02. The Morgan fingerprint density at radius 1 is 1.21 bits per heavy atom. The number of pyridine rings is 1. The van der Waals surface area contributed by atoms with Crippen molar-refractivity contribution >= 4 is 56.1 Å². The van der Waals surface area contributed by atoms with Crippen LogP contribution in [-0.2, 0) is 14.6 Å². The molecule has 1 unspecified atom stereocenters. The van der Waals surface area contributed by atoms with Crippen LogP contribution in [-0.4, -0.2) is 80.2 Å². The molecule has 5 heterocycles. The normalized spacial score (nSPS) is 16.0. The van der Waals surface area contributed by atoms with E-state index in [1.807, 2.05) is 23.1 Å². The van der Waals surface area contributed by atoms with Gasteiger partial charge in [0.25, 0.3) is 5.91 Å². The number of carboxylic acids is 1. The molecule has 1 atom stereocenters. The first-order valence-electron chi connectivity index (χ1n) is 12.4. The molecule has 4 aromatic heterocycles. The molecular weight excluding hydrogens is 605 g/mol. The average molecular weight is 631 g/mol. The summed E-state index contributed by atoms with van der Waals surface area (Å²) in [4.78, 5) is 32.9. The van der Waals surface area contributed by atoms with Gasteiger partial charge in [0.15, 0.2) is 21.3 Å². The number of carbonyl (C=O) groups excluding carboxylic acids is 1. The largest absolute Gasteiger partial charge is 0.490 e. The number of carboxylic acid groups (broad SMARTS) is 1. The van der Waals surface area contributed by atoms with Crippen LogP contribution in [0.3, 0.4) is 0 Å². The smallest absolute Gasteiger partial charge is 0.475 e. The van der Waals surface area contributed by atoms with Crippen molar-refractivity contribution in [1.82, 2.24) is 29.3 Å². The summed E-state index contributed by atoms with van der Waals surface area (Å²) in [6.45, 7) is 4.58. The van der Waals surface area contributed by atoms with E-state index in [1.165, 1.54) is 4.52 Å². The van der Waals surface area contributed by atoms with Gasteiger partial charge in [-0.15, -0.1) is 5.10 Å². The molecule has 4 N–H and O–H groups in total. The topological polar surface area (TPSA) is 177 Å². The van der Waals surface area contributed by atoms with E-state index in [-0.39, 0.29) is 22.9 Å². The minimum atomic E-state index is -5.08. The predicted molar refractivity (Wildman–Crippen MR) is 147 cm³/mol. The lowest BCUT2D eigenvalue weighted by molar-refractivity contribution is -0.192. The van der Waals surface area contributed by atoms with Crippen LogP contribution in [0.2, 0.25) is 5.02 Å². The van der Waals surface area contributed by atoms with E-state index >= 15 is 0 Å². The number of fused-ring (bicyclic) bond motifs is 2. The predicted octanol–water partition coefficient (Wildman–Crippen LogP) is 2.67. The van der Waals surface area contributed by atoms with Gasteiger partial charge in [0.2, 0.25) is 0 Å². The molecule has 1 fully saturated rings. The molecule has 226 valence electrons. The highest BCUT2D eigenvalue weighted by molar-refractivity contribution is 7.91. The zero-order valence-corrected chi connectivity index (χ0v) is 23.8. The van der Waals surface area contributed by atoms with E-state index in [1.54, 1.807) is 30.7 Å². The number of halogens is 4. The first-order chi connectivity index (χ1) is 19.6. The summed E-state index contributed by atoms with van der Waals surface area (Å²) < 4.78 is 59.6. The van der Waals surface area contributed by atoms with E-state index in [9.17, 15) is 26.4 Å². The van der Waals surface area contributed by atoms with Crippen molar-refractivity contribution in [3.63, 3.8) is 0 Å². The number of nitrogen functional groups attached to an aromatic ring is 1. The SMILES string of the molecule is Cc1ncc2c(Cl)cc(C(C)NC(=O)c3c(N)nn4cccnc34)c(N3CCCS(=O)(=O)CC3)n12.O=C(O)C(F)(F)F. The molecule has 18 heteroatoms. The number of nitrogens with two attached hydrogens (primary N) is 1. The Morgan fingerprint density at radius 2 is 1.90 bits per heavy atom. The van der Waals surface area contributed by atoms with E-state index in [4.69, 9.17) is 27.2 Å². The van der Waals surface area contributed by atoms with Gasteiger partial charge in [-0.25, -0.2) is 27.7 Å². The maximum Gasteiger partial charge on any atom is 0.490 e. The van der Waals surface area contributed by atoms with Gasteiger partial charge >= 0.3 is 12.1 Å². The number of anilines is 2. The monoisotopic (exact) mass is 630 g/mol. The molecule has 0 aromatic carbocycles. The molecule has 1 aliphatic rings. The molecule has 0 aliphatic carbocycles. The number of carbonyl (C=O) groups is 2. The molecule has 0 bridgehead atoms. The zero-order valence-electron chi connectivity index (χ0n) is 22.3. The van der Waals surface area contributed by atoms with Crippen molar-refractivity contribution in [1.29, 1.82) is 0 Å². The maximum atomic E-state index is 13.3. The fourth-order valence-corrected chi connectivity index (χ4v) is 6.07. The molecule has 13 nitrogen and oxygen atoms in total. The highest BCUT2D eigenvalue weighted by Crippen LogP contribution is 2.35. The second-order valence-electron chi connectivity index (χ2n) is 9.44. The quantitative estimate of drug-likeness (QED) is 0.304. The fraction of sp³-hybridized carbons (Fsp3) is 0.375. The van der Waals surface area contributed by atoms with Gasteiger partial charge in [0.05, 0.1) is 34.3 Å². The number of hydrogen-bond acceptors (Lipinski definition) is 9. The molecular formula is C24H26ClF3N8O5S. The Kier molecular flexibility index (Phi) is 8.54. The van der Waals surface area contributed by atoms with E-state index < -0.39 is 33.9 Å². The van der Waals surface area contributed by atoms with Crippen LogP contribution >= 0.6 is 11.6 Å². The summed E-state index contributed by atoms with van der Waals surface area (Å²) in [6.07, 6.45) is 0.344. The summed E-state index contributed by atoms with van der Waals surface area (Å²) in [6, 6.07) is 3.00. The molecule has 4 aromatic rings. The summed E-state index contributed by atoms with van der Waals surface area (Å²) in [7, 11) is -3.12. The number of imidazole rings is 1. The molecule has 0 radical (unpaired) electrons. The van der Waals surface area contributed by atoms with Crippen LogP contribution < -0.4 is 16.0 Å². The van der Waals surface area contributed by atoms with Crippen molar-refractivity contribution in [3.05, 3.63) is 52.7 Å². The van der Waals surface area contributed by atoms with Crippen molar-refractivity contribution in [2.24, 2.45) is 0 Å². The zero-order chi connectivity index (χ0) is 31.0. The molecule has 1 amide bonds. The summed E-state index contributed by atoms with van der Waals surface area (Å²) >= 11 is 6.62. The van der Waals surface area contributed by atoms with Gasteiger partial charge in [0, 0.05) is 31.0 Å². The average Bonchev–Trinajstić information content (AvgIpc) is 3.39. The van der Waals surface area contributed by atoms with Crippen LogP contribution in [0.1, 0.15) is 41.1 Å². The van der Waals surface area contributed by atoms with Crippen LogP contribution in [0, 0.1) is 6.92 Å².